The number of fused-ring (bicyclic) bond motifs is 1. The van der Waals surface area contributed by atoms with Crippen LogP contribution in [0.3, 0.4) is 0 Å². The summed E-state index contributed by atoms with van der Waals surface area (Å²) in [5, 5.41) is 9.48. The number of aromatic nitrogens is 4. The van der Waals surface area contributed by atoms with Gasteiger partial charge in [-0.1, -0.05) is 36.3 Å². The summed E-state index contributed by atoms with van der Waals surface area (Å²) in [6.45, 7) is 0.923. The van der Waals surface area contributed by atoms with Crippen LogP contribution in [0.25, 0.3) is 10.9 Å². The molecule has 1 aliphatic carbocycles. The van der Waals surface area contributed by atoms with Gasteiger partial charge in [0.2, 0.25) is 0 Å². The molecule has 108 valence electrons. The monoisotopic (exact) mass is 280 g/mol. The van der Waals surface area contributed by atoms with Crippen LogP contribution in [0.4, 0.5) is 0 Å². The molecule has 1 saturated carbocycles. The Balaban J connectivity index is 1.74. The highest BCUT2D eigenvalue weighted by molar-refractivity contribution is 5.83. The summed E-state index contributed by atoms with van der Waals surface area (Å²) in [7, 11) is 0. The molecule has 1 aromatic carbocycles. The van der Waals surface area contributed by atoms with E-state index in [9.17, 15) is 0 Å². The average Bonchev–Trinajstić information content (AvgIpc) is 3.26. The van der Waals surface area contributed by atoms with Gasteiger partial charge in [-0.3, -0.25) is 4.68 Å². The maximum atomic E-state index is 4.17. The highest BCUT2D eigenvalue weighted by Gasteiger charge is 2.28. The third kappa shape index (κ3) is 2.35. The molecule has 0 radical (unpaired) electrons. The lowest BCUT2D eigenvalue weighted by Crippen LogP contribution is -2.17. The molecule has 0 saturated heterocycles. The quantitative estimate of drug-likeness (QED) is 0.791. The third-order valence-corrected chi connectivity index (χ3v) is 4.85. The first-order valence-electron chi connectivity index (χ1n) is 7.82. The van der Waals surface area contributed by atoms with Gasteiger partial charge in [0.25, 0.3) is 0 Å². The number of rotatable bonds is 4. The van der Waals surface area contributed by atoms with Gasteiger partial charge in [0.1, 0.15) is 0 Å². The molecule has 2 heterocycles. The first-order chi connectivity index (χ1) is 10.4. The van der Waals surface area contributed by atoms with Crippen LogP contribution in [0.2, 0.25) is 0 Å². The van der Waals surface area contributed by atoms with Gasteiger partial charge < -0.3 is 4.98 Å². The predicted octanol–water partition coefficient (Wildman–Crippen LogP) is 3.73. The van der Waals surface area contributed by atoms with Crippen molar-refractivity contribution in [2.24, 2.45) is 5.92 Å². The maximum Gasteiger partial charge on any atom is 0.0692 e. The van der Waals surface area contributed by atoms with E-state index in [1.165, 1.54) is 42.1 Å². The standard InChI is InChI=1S/C17H20N4/c1-2-6-13(5-1)16(12-21-10-9-19-20-21)15-11-18-17-8-4-3-7-14(15)17/h3-4,7-11,13,16,18H,1-2,5-6,12H2. The molecule has 2 aromatic heterocycles. The number of H-pyrrole nitrogens is 1. The van der Waals surface area contributed by atoms with E-state index >= 15 is 0 Å². The predicted molar refractivity (Wildman–Crippen MR) is 83.0 cm³/mol. The minimum absolute atomic E-state index is 0.519. The van der Waals surface area contributed by atoms with Crippen molar-refractivity contribution in [2.45, 2.75) is 38.1 Å². The van der Waals surface area contributed by atoms with Crippen molar-refractivity contribution in [3.05, 3.63) is 48.4 Å². The Hall–Kier alpha value is -2.10. The van der Waals surface area contributed by atoms with Gasteiger partial charge in [0.15, 0.2) is 0 Å². The molecule has 1 atom stereocenters. The smallest absolute Gasteiger partial charge is 0.0692 e. The Kier molecular flexibility index (Phi) is 3.22. The lowest BCUT2D eigenvalue weighted by molar-refractivity contribution is 0.372. The summed E-state index contributed by atoms with van der Waals surface area (Å²) in [4.78, 5) is 3.43. The molecule has 0 amide bonds. The number of para-hydroxylation sites is 1. The van der Waals surface area contributed by atoms with E-state index in [1.54, 1.807) is 6.20 Å². The third-order valence-electron chi connectivity index (χ3n) is 4.85. The Morgan fingerprint density at radius 3 is 2.90 bits per heavy atom. The summed E-state index contributed by atoms with van der Waals surface area (Å²) < 4.78 is 1.98. The molecular formula is C17H20N4. The van der Waals surface area contributed by atoms with Crippen molar-refractivity contribution in [3.8, 4) is 0 Å². The van der Waals surface area contributed by atoms with Crippen LogP contribution in [-0.2, 0) is 6.54 Å². The van der Waals surface area contributed by atoms with Crippen molar-refractivity contribution in [1.82, 2.24) is 20.0 Å². The lowest BCUT2D eigenvalue weighted by atomic mass is 9.84. The van der Waals surface area contributed by atoms with E-state index in [2.05, 4.69) is 45.8 Å². The molecule has 1 N–H and O–H groups in total. The molecule has 1 unspecified atom stereocenters. The van der Waals surface area contributed by atoms with Gasteiger partial charge >= 0.3 is 0 Å². The van der Waals surface area contributed by atoms with E-state index < -0.39 is 0 Å². The summed E-state index contributed by atoms with van der Waals surface area (Å²) >= 11 is 0. The van der Waals surface area contributed by atoms with Gasteiger partial charge in [0.05, 0.1) is 6.20 Å². The van der Waals surface area contributed by atoms with Crippen LogP contribution in [0, 0.1) is 5.92 Å². The first kappa shape index (κ1) is 12.6. The second kappa shape index (κ2) is 5.35. The fourth-order valence-electron chi connectivity index (χ4n) is 3.79. The Morgan fingerprint density at radius 2 is 2.10 bits per heavy atom. The molecule has 4 heteroatoms. The van der Waals surface area contributed by atoms with Crippen LogP contribution in [0.15, 0.2) is 42.9 Å². The van der Waals surface area contributed by atoms with Crippen molar-refractivity contribution in [3.63, 3.8) is 0 Å². The SMILES string of the molecule is c1ccc2c(C(Cn3ccnn3)C3CCCC3)c[nH]c2c1. The van der Waals surface area contributed by atoms with E-state index in [0.29, 0.717) is 5.92 Å². The molecule has 21 heavy (non-hydrogen) atoms. The van der Waals surface area contributed by atoms with E-state index in [1.807, 2.05) is 10.9 Å². The summed E-state index contributed by atoms with van der Waals surface area (Å²) in [5.74, 6) is 1.28. The van der Waals surface area contributed by atoms with Crippen LogP contribution >= 0.6 is 0 Å². The molecule has 0 spiro atoms. The van der Waals surface area contributed by atoms with E-state index in [0.717, 1.165) is 12.5 Å². The second-order valence-electron chi connectivity index (χ2n) is 6.07. The average molecular weight is 280 g/mol. The number of nitrogens with one attached hydrogen (secondary N) is 1. The number of hydrogen-bond donors (Lipinski definition) is 1. The fourth-order valence-corrected chi connectivity index (χ4v) is 3.79. The highest BCUT2D eigenvalue weighted by Crippen LogP contribution is 2.40. The fraction of sp³-hybridized carbons (Fsp3) is 0.412. The molecule has 0 bridgehead atoms. The Bertz CT molecular complexity index is 707. The van der Waals surface area contributed by atoms with Crippen LogP contribution in [-0.4, -0.2) is 20.0 Å². The number of aromatic amines is 1. The summed E-state index contributed by atoms with van der Waals surface area (Å²) in [6, 6.07) is 8.59. The minimum atomic E-state index is 0.519. The van der Waals surface area contributed by atoms with Gasteiger partial charge in [0, 0.05) is 35.8 Å². The first-order valence-corrected chi connectivity index (χ1v) is 7.82. The largest absolute Gasteiger partial charge is 0.361 e. The Labute approximate surface area is 124 Å². The van der Waals surface area contributed by atoms with Crippen molar-refractivity contribution in [1.29, 1.82) is 0 Å². The molecular weight excluding hydrogens is 260 g/mol. The number of hydrogen-bond acceptors (Lipinski definition) is 2. The highest BCUT2D eigenvalue weighted by atomic mass is 15.4. The van der Waals surface area contributed by atoms with Gasteiger partial charge in [-0.25, -0.2) is 0 Å². The zero-order valence-electron chi connectivity index (χ0n) is 12.1. The maximum absolute atomic E-state index is 4.17. The summed E-state index contributed by atoms with van der Waals surface area (Å²) in [6.07, 6.45) is 11.3. The van der Waals surface area contributed by atoms with Gasteiger partial charge in [-0.15, -0.1) is 5.10 Å². The van der Waals surface area contributed by atoms with Gasteiger partial charge in [-0.2, -0.15) is 0 Å². The molecule has 1 aliphatic rings. The van der Waals surface area contributed by atoms with Crippen molar-refractivity contribution in [2.75, 3.05) is 0 Å². The normalized spacial score (nSPS) is 17.5. The minimum Gasteiger partial charge on any atom is -0.361 e. The van der Waals surface area contributed by atoms with Crippen molar-refractivity contribution < 1.29 is 0 Å². The molecule has 4 nitrogen and oxygen atoms in total. The van der Waals surface area contributed by atoms with Crippen LogP contribution in [0.1, 0.15) is 37.2 Å². The zero-order chi connectivity index (χ0) is 14.1. The number of nitrogens with zero attached hydrogens (tertiary/aromatic N) is 3. The molecule has 3 aromatic rings. The zero-order valence-corrected chi connectivity index (χ0v) is 12.1. The lowest BCUT2D eigenvalue weighted by Gasteiger charge is -2.23. The Morgan fingerprint density at radius 1 is 1.24 bits per heavy atom. The molecule has 0 aliphatic heterocycles. The summed E-state index contributed by atoms with van der Waals surface area (Å²) in [5.41, 5.74) is 2.67. The topological polar surface area (TPSA) is 46.5 Å². The molecule has 4 rings (SSSR count). The van der Waals surface area contributed by atoms with E-state index in [4.69, 9.17) is 0 Å². The van der Waals surface area contributed by atoms with Crippen LogP contribution in [0.5, 0.6) is 0 Å². The van der Waals surface area contributed by atoms with Crippen molar-refractivity contribution >= 4 is 10.9 Å². The van der Waals surface area contributed by atoms with Gasteiger partial charge in [-0.05, 0) is 30.4 Å². The van der Waals surface area contributed by atoms with E-state index in [-0.39, 0.29) is 0 Å². The number of benzene rings is 1. The van der Waals surface area contributed by atoms with Crippen LogP contribution < -0.4 is 0 Å². The molecule has 1 fully saturated rings. The second-order valence-corrected chi connectivity index (χ2v) is 6.07.